The molecule has 0 amide bonds. The van der Waals surface area contributed by atoms with E-state index in [4.69, 9.17) is 24.3 Å². The lowest BCUT2D eigenvalue weighted by atomic mass is 9.69. The van der Waals surface area contributed by atoms with Crippen molar-refractivity contribution in [2.24, 2.45) is 0 Å². The Balaban J connectivity index is 1.60. The zero-order valence-electron chi connectivity index (χ0n) is 20.7. The van der Waals surface area contributed by atoms with Crippen molar-refractivity contribution in [3.05, 3.63) is 76.5 Å². The highest BCUT2D eigenvalue weighted by atomic mass is 35.5. The molecule has 0 saturated heterocycles. The number of anilines is 2. The highest BCUT2D eigenvalue weighted by Gasteiger charge is 2.37. The largest absolute Gasteiger partial charge is 0.378 e. The Bertz CT molecular complexity index is 1420. The van der Waals surface area contributed by atoms with E-state index in [2.05, 4.69) is 32.8 Å². The lowest BCUT2D eigenvalue weighted by Gasteiger charge is -2.34. The summed E-state index contributed by atoms with van der Waals surface area (Å²) in [6, 6.07) is 12.0. The Kier molecular flexibility index (Phi) is 6.40. The molecule has 1 atom stereocenters. The summed E-state index contributed by atoms with van der Waals surface area (Å²) in [4.78, 5) is 10.1. The number of aromatic nitrogens is 1. The zero-order chi connectivity index (χ0) is 26.4. The van der Waals surface area contributed by atoms with Gasteiger partial charge in [0.1, 0.15) is 19.7 Å². The third-order valence-electron chi connectivity index (χ3n) is 6.10. The van der Waals surface area contributed by atoms with Crippen LogP contribution in [0.15, 0.2) is 54.5 Å². The van der Waals surface area contributed by atoms with Gasteiger partial charge in [0.05, 0.1) is 38.5 Å². The fraction of sp³-hybridized carbons (Fsp3) is 0.308. The number of hydrogen-bond donors (Lipinski definition) is 4. The second-order valence-corrected chi connectivity index (χ2v) is 10.6. The van der Waals surface area contributed by atoms with E-state index in [9.17, 15) is 9.65 Å². The van der Waals surface area contributed by atoms with Gasteiger partial charge in [-0.2, -0.15) is 5.26 Å². The molecule has 5 rings (SSSR count). The topological polar surface area (TPSA) is 97.3 Å². The molecule has 37 heavy (non-hydrogen) atoms. The number of hydrazine groups is 2. The molecule has 1 aliphatic heterocycles. The number of nitrogens with zero attached hydrogens (tertiary/aromatic N) is 3. The van der Waals surface area contributed by atoms with Gasteiger partial charge < -0.3 is 10.7 Å². The van der Waals surface area contributed by atoms with Crippen LogP contribution < -0.4 is 21.8 Å². The fourth-order valence-electron chi connectivity index (χ4n) is 4.04. The molecule has 188 valence electrons. The van der Waals surface area contributed by atoms with Crippen LogP contribution in [-0.2, 0) is 10.3 Å². The Labute approximate surface area is 221 Å². The lowest BCUT2D eigenvalue weighted by Crippen LogP contribution is -2.45. The molecule has 1 aliphatic carbocycles. The van der Waals surface area contributed by atoms with Gasteiger partial charge in [-0.15, -0.1) is 5.53 Å². The monoisotopic (exact) mass is 517 g/mol. The molecule has 1 saturated carbocycles. The van der Waals surface area contributed by atoms with Gasteiger partial charge in [0.2, 0.25) is 0 Å². The van der Waals surface area contributed by atoms with Crippen molar-refractivity contribution in [1.82, 2.24) is 21.0 Å². The highest BCUT2D eigenvalue weighted by molar-refractivity contribution is 6.36. The van der Waals surface area contributed by atoms with E-state index in [0.29, 0.717) is 50.2 Å². The van der Waals surface area contributed by atoms with Crippen molar-refractivity contribution in [1.29, 1.82) is 5.26 Å². The number of hydrogen-bond acceptors (Lipinski definition) is 8. The third kappa shape index (κ3) is 5.16. The fourth-order valence-corrected chi connectivity index (χ4v) is 4.31. The average Bonchev–Trinajstić information content (AvgIpc) is 3.58. The van der Waals surface area contributed by atoms with Crippen molar-refractivity contribution >= 4 is 41.7 Å². The first-order valence-corrected chi connectivity index (χ1v) is 12.3. The summed E-state index contributed by atoms with van der Waals surface area (Å²) in [5.74, 6) is -0.365. The molecule has 1 fully saturated rings. The molecule has 1 aromatic heterocycles. The van der Waals surface area contributed by atoms with Crippen LogP contribution in [0.25, 0.3) is 10.9 Å². The molecule has 2 heterocycles. The van der Waals surface area contributed by atoms with Crippen LogP contribution in [0.5, 0.6) is 0 Å². The second-order valence-electron chi connectivity index (χ2n) is 10.2. The van der Waals surface area contributed by atoms with Crippen molar-refractivity contribution in [2.45, 2.75) is 50.7 Å². The number of nitriles is 1. The number of halogens is 2. The van der Waals surface area contributed by atoms with Crippen LogP contribution in [0.3, 0.4) is 0 Å². The number of pyridine rings is 1. The smallest absolute Gasteiger partial charge is 0.123 e. The van der Waals surface area contributed by atoms with Gasteiger partial charge in [-0.1, -0.05) is 23.7 Å². The number of fused-ring (bicyclic) bond motifs is 1. The predicted molar refractivity (Wildman–Crippen MR) is 143 cm³/mol. The van der Waals surface area contributed by atoms with Crippen molar-refractivity contribution in [2.75, 3.05) is 10.8 Å². The summed E-state index contributed by atoms with van der Waals surface area (Å²) < 4.78 is 13.8. The minimum absolute atomic E-state index is 0.298. The molecule has 0 bridgehead atoms. The number of benzene rings is 2. The van der Waals surface area contributed by atoms with E-state index in [1.807, 2.05) is 32.0 Å². The summed E-state index contributed by atoms with van der Waals surface area (Å²) in [6.07, 6.45) is 5.53. The van der Waals surface area contributed by atoms with Crippen LogP contribution in [0, 0.1) is 17.1 Å². The van der Waals surface area contributed by atoms with E-state index in [0.717, 1.165) is 12.8 Å². The SMILES string of the molecule is [B]C(Nc1cc(Cl)c2ncc(C#N)c(NOC(C)(C)C)c2c1)(C1=CN(C2CC2)NN1)c1ccc(F)cc1. The van der Waals surface area contributed by atoms with E-state index < -0.39 is 11.0 Å². The summed E-state index contributed by atoms with van der Waals surface area (Å²) in [6.45, 7) is 5.67. The second kappa shape index (κ2) is 9.41. The van der Waals surface area contributed by atoms with Gasteiger partial charge in [0.15, 0.2) is 0 Å². The predicted octanol–water partition coefficient (Wildman–Crippen LogP) is 4.80. The van der Waals surface area contributed by atoms with Gasteiger partial charge in [-0.25, -0.2) is 4.39 Å². The molecule has 1 unspecified atom stereocenters. The minimum atomic E-state index is -1.28. The molecule has 2 radical (unpaired) electrons. The summed E-state index contributed by atoms with van der Waals surface area (Å²) in [7, 11) is 7.01. The average molecular weight is 518 g/mol. The lowest BCUT2D eigenvalue weighted by molar-refractivity contribution is 0.0377. The van der Waals surface area contributed by atoms with E-state index in [-0.39, 0.29) is 5.82 Å². The Morgan fingerprint density at radius 3 is 2.62 bits per heavy atom. The molecule has 2 aliphatic rings. The molecule has 0 spiro atoms. The van der Waals surface area contributed by atoms with Gasteiger partial charge in [-0.05, 0) is 63.4 Å². The maximum Gasteiger partial charge on any atom is 0.123 e. The summed E-state index contributed by atoms with van der Waals surface area (Å²) in [5, 5.41) is 16.0. The summed E-state index contributed by atoms with van der Waals surface area (Å²) >= 11 is 6.65. The highest BCUT2D eigenvalue weighted by Crippen LogP contribution is 2.38. The first kappa shape index (κ1) is 25.1. The summed E-state index contributed by atoms with van der Waals surface area (Å²) in [5.41, 5.74) is 10.5. The molecule has 2 aromatic carbocycles. The minimum Gasteiger partial charge on any atom is -0.378 e. The quantitative estimate of drug-likeness (QED) is 0.262. The van der Waals surface area contributed by atoms with Crippen molar-refractivity contribution < 1.29 is 9.23 Å². The van der Waals surface area contributed by atoms with Crippen LogP contribution >= 0.6 is 11.6 Å². The first-order chi connectivity index (χ1) is 17.6. The Hall–Kier alpha value is -3.52. The Morgan fingerprint density at radius 1 is 1.24 bits per heavy atom. The van der Waals surface area contributed by atoms with E-state index in [1.54, 1.807) is 24.3 Å². The van der Waals surface area contributed by atoms with Crippen molar-refractivity contribution in [3.8, 4) is 6.07 Å². The zero-order valence-corrected chi connectivity index (χ0v) is 21.4. The first-order valence-electron chi connectivity index (χ1n) is 11.9. The third-order valence-corrected chi connectivity index (χ3v) is 6.39. The molecular weight excluding hydrogens is 492 g/mol. The van der Waals surface area contributed by atoms with Gasteiger partial charge in [0.25, 0.3) is 0 Å². The number of rotatable bonds is 7. The van der Waals surface area contributed by atoms with Crippen LogP contribution in [-0.4, -0.2) is 29.5 Å². The molecular formula is C26H26BClFN7O. The maximum absolute atomic E-state index is 13.8. The number of nitrogens with one attached hydrogen (secondary N) is 4. The van der Waals surface area contributed by atoms with Gasteiger partial charge >= 0.3 is 0 Å². The molecule has 3 aromatic rings. The molecule has 4 N–H and O–H groups in total. The van der Waals surface area contributed by atoms with E-state index in [1.165, 1.54) is 18.3 Å². The normalized spacial score (nSPS) is 17.1. The van der Waals surface area contributed by atoms with Crippen LogP contribution in [0.4, 0.5) is 15.8 Å². The van der Waals surface area contributed by atoms with Crippen LogP contribution in [0.2, 0.25) is 5.02 Å². The van der Waals surface area contributed by atoms with Crippen LogP contribution in [0.1, 0.15) is 44.7 Å². The van der Waals surface area contributed by atoms with Gasteiger partial charge in [-0.3, -0.25) is 20.3 Å². The maximum atomic E-state index is 13.8. The Morgan fingerprint density at radius 2 is 1.97 bits per heavy atom. The standard InChI is InChI=1S/C26H26BClFN7O/c1-25(2,3)37-34-23-15(12-30)13-31-24-20(23)10-18(11-21(24)28)32-26(27,16-4-6-17(29)7-5-16)22-14-36(35-33-22)19-8-9-19/h4-7,10-11,13-14,19,32-33,35H,8-9H2,1-3H3,(H,31,34). The van der Waals surface area contributed by atoms with E-state index >= 15 is 0 Å². The van der Waals surface area contributed by atoms with Crippen molar-refractivity contribution in [3.63, 3.8) is 0 Å². The molecule has 8 nitrogen and oxygen atoms in total. The molecule has 11 heteroatoms. The van der Waals surface area contributed by atoms with Gasteiger partial charge in [0, 0.05) is 29.5 Å².